The molecule has 1 aromatic rings. The van der Waals surface area contributed by atoms with Gasteiger partial charge in [-0.1, -0.05) is 19.3 Å². The number of rotatable bonds is 5. The van der Waals surface area contributed by atoms with Crippen molar-refractivity contribution >= 4 is 11.9 Å². The number of urea groups is 1. The van der Waals surface area contributed by atoms with Gasteiger partial charge in [-0.2, -0.15) is 5.10 Å². The fraction of sp³-hybridized carbons (Fsp3) is 0.800. The highest BCUT2D eigenvalue weighted by atomic mass is 16.2. The Balaban J connectivity index is 1.33. The van der Waals surface area contributed by atoms with Crippen LogP contribution < -0.4 is 5.32 Å². The number of hydrogen-bond acceptors (Lipinski definition) is 5. The Bertz CT molecular complexity index is 724. The molecule has 1 aliphatic carbocycles. The first-order chi connectivity index (χ1) is 13.4. The zero-order valence-electron chi connectivity index (χ0n) is 17.0. The number of carbonyl (C=O) groups excluding carboxylic acids is 2. The quantitative estimate of drug-likeness (QED) is 0.755. The lowest BCUT2D eigenvalue weighted by atomic mass is 9.89. The maximum atomic E-state index is 12.3. The highest BCUT2D eigenvalue weighted by Crippen LogP contribution is 2.32. The van der Waals surface area contributed by atoms with E-state index < -0.39 is 5.54 Å². The lowest BCUT2D eigenvalue weighted by molar-refractivity contribution is -0.130. The molecule has 154 valence electrons. The predicted octanol–water partition coefficient (Wildman–Crippen LogP) is 2.36. The number of nitrogens with one attached hydrogen (secondary N) is 2. The van der Waals surface area contributed by atoms with Gasteiger partial charge in [-0.15, -0.1) is 0 Å². The third-order valence-corrected chi connectivity index (χ3v) is 6.47. The summed E-state index contributed by atoms with van der Waals surface area (Å²) in [5.41, 5.74) is -0.796. The van der Waals surface area contributed by atoms with Crippen molar-refractivity contribution in [2.75, 3.05) is 26.2 Å². The van der Waals surface area contributed by atoms with E-state index in [0.29, 0.717) is 24.9 Å². The summed E-state index contributed by atoms with van der Waals surface area (Å²) in [7, 11) is 0. The van der Waals surface area contributed by atoms with Gasteiger partial charge in [0.1, 0.15) is 11.4 Å². The number of imide groups is 1. The number of nitrogens with zero attached hydrogens (tertiary/aromatic N) is 4. The van der Waals surface area contributed by atoms with Crippen molar-refractivity contribution in [2.45, 2.75) is 76.2 Å². The molecule has 0 spiro atoms. The van der Waals surface area contributed by atoms with Crippen LogP contribution in [0.15, 0.2) is 0 Å². The van der Waals surface area contributed by atoms with Gasteiger partial charge >= 0.3 is 6.03 Å². The summed E-state index contributed by atoms with van der Waals surface area (Å²) in [5.74, 6) is 2.71. The standard InChI is InChI=1S/C20H32N6O2/c1-20(2)18(27)26(19(28)22-20)12-11-25-10-6-9-15(13-25)17-21-16(23-24-17)14-7-4-3-5-8-14/h14-15H,3-13H2,1-2H3,(H,22,28)(H,21,23,24)/t15-/m0/s1. The van der Waals surface area contributed by atoms with E-state index in [2.05, 4.69) is 20.4 Å². The SMILES string of the molecule is CC1(C)NC(=O)N(CCN2CCC[C@H](c3n[nH]c(C4CCCCC4)n3)C2)C1=O. The molecule has 3 heterocycles. The Labute approximate surface area is 166 Å². The van der Waals surface area contributed by atoms with Gasteiger partial charge in [0.25, 0.3) is 5.91 Å². The molecular weight excluding hydrogens is 356 g/mol. The van der Waals surface area contributed by atoms with Crippen molar-refractivity contribution in [1.29, 1.82) is 0 Å². The van der Waals surface area contributed by atoms with Gasteiger partial charge in [-0.25, -0.2) is 9.78 Å². The largest absolute Gasteiger partial charge is 0.325 e. The molecule has 3 fully saturated rings. The number of amides is 3. The van der Waals surface area contributed by atoms with Crippen LogP contribution in [-0.4, -0.2) is 68.6 Å². The molecule has 4 rings (SSSR count). The fourth-order valence-corrected chi connectivity index (χ4v) is 4.76. The summed E-state index contributed by atoms with van der Waals surface area (Å²) in [4.78, 5) is 32.9. The number of carbonyl (C=O) groups is 2. The normalized spacial score (nSPS) is 26.6. The monoisotopic (exact) mass is 388 g/mol. The van der Waals surface area contributed by atoms with Gasteiger partial charge in [-0.05, 0) is 46.1 Å². The maximum absolute atomic E-state index is 12.3. The number of aromatic amines is 1. The first-order valence-electron chi connectivity index (χ1n) is 10.7. The molecule has 0 unspecified atom stereocenters. The van der Waals surface area contributed by atoms with Gasteiger partial charge < -0.3 is 10.2 Å². The smallest absolute Gasteiger partial charge is 0.324 e. The van der Waals surface area contributed by atoms with Crippen LogP contribution in [0.5, 0.6) is 0 Å². The topological polar surface area (TPSA) is 94.2 Å². The Morgan fingerprint density at radius 1 is 1.04 bits per heavy atom. The van der Waals surface area contributed by atoms with E-state index in [9.17, 15) is 9.59 Å². The molecule has 0 aromatic carbocycles. The first kappa shape index (κ1) is 19.4. The zero-order chi connectivity index (χ0) is 19.7. The lowest BCUT2D eigenvalue weighted by Crippen LogP contribution is -2.43. The van der Waals surface area contributed by atoms with E-state index in [1.54, 1.807) is 13.8 Å². The third-order valence-electron chi connectivity index (χ3n) is 6.47. The summed E-state index contributed by atoms with van der Waals surface area (Å²) < 4.78 is 0. The fourth-order valence-electron chi connectivity index (χ4n) is 4.76. The van der Waals surface area contributed by atoms with E-state index in [4.69, 9.17) is 4.98 Å². The van der Waals surface area contributed by atoms with Crippen LogP contribution in [0.25, 0.3) is 0 Å². The average Bonchev–Trinajstić information content (AvgIpc) is 3.25. The van der Waals surface area contributed by atoms with Crippen LogP contribution in [-0.2, 0) is 4.79 Å². The third kappa shape index (κ3) is 3.92. The van der Waals surface area contributed by atoms with Crippen molar-refractivity contribution in [1.82, 2.24) is 30.3 Å². The van der Waals surface area contributed by atoms with Gasteiger partial charge in [-0.3, -0.25) is 14.8 Å². The van der Waals surface area contributed by atoms with Crippen molar-refractivity contribution in [3.63, 3.8) is 0 Å². The number of H-pyrrole nitrogens is 1. The van der Waals surface area contributed by atoms with Gasteiger partial charge in [0.05, 0.1) is 0 Å². The molecule has 3 aliphatic rings. The Morgan fingerprint density at radius 2 is 1.79 bits per heavy atom. The molecule has 1 atom stereocenters. The number of piperidine rings is 1. The molecule has 8 nitrogen and oxygen atoms in total. The molecule has 8 heteroatoms. The van der Waals surface area contributed by atoms with E-state index in [-0.39, 0.29) is 11.9 Å². The molecule has 0 radical (unpaired) electrons. The number of likely N-dealkylation sites (tertiary alicyclic amines) is 1. The summed E-state index contributed by atoms with van der Waals surface area (Å²) in [5, 5.41) is 10.5. The Kier molecular flexibility index (Phi) is 5.40. The van der Waals surface area contributed by atoms with Gasteiger partial charge in [0.15, 0.2) is 5.82 Å². The summed E-state index contributed by atoms with van der Waals surface area (Å²) in [6.45, 7) is 6.50. The highest BCUT2D eigenvalue weighted by Gasteiger charge is 2.44. The molecule has 2 aliphatic heterocycles. The minimum absolute atomic E-state index is 0.142. The summed E-state index contributed by atoms with van der Waals surface area (Å²) in [6.07, 6.45) is 8.53. The first-order valence-corrected chi connectivity index (χ1v) is 10.7. The van der Waals surface area contributed by atoms with Crippen molar-refractivity contribution in [3.05, 3.63) is 11.6 Å². The van der Waals surface area contributed by atoms with E-state index in [1.807, 2.05) is 0 Å². The van der Waals surface area contributed by atoms with E-state index in [1.165, 1.54) is 37.0 Å². The number of aromatic nitrogens is 3. The molecule has 28 heavy (non-hydrogen) atoms. The minimum atomic E-state index is -0.796. The van der Waals surface area contributed by atoms with Crippen LogP contribution in [0.1, 0.15) is 82.3 Å². The van der Waals surface area contributed by atoms with Crippen molar-refractivity contribution in [3.8, 4) is 0 Å². The predicted molar refractivity (Wildman–Crippen MR) is 105 cm³/mol. The molecule has 2 N–H and O–H groups in total. The molecular formula is C20H32N6O2. The highest BCUT2D eigenvalue weighted by molar-refractivity contribution is 6.06. The van der Waals surface area contributed by atoms with Crippen LogP contribution >= 0.6 is 0 Å². The Hall–Kier alpha value is -1.96. The number of hydrogen-bond donors (Lipinski definition) is 2. The maximum Gasteiger partial charge on any atom is 0.325 e. The second-order valence-electron chi connectivity index (χ2n) is 9.07. The van der Waals surface area contributed by atoms with Crippen LogP contribution in [0.2, 0.25) is 0 Å². The average molecular weight is 389 g/mol. The zero-order valence-corrected chi connectivity index (χ0v) is 17.0. The second-order valence-corrected chi connectivity index (χ2v) is 9.07. The van der Waals surface area contributed by atoms with E-state index >= 15 is 0 Å². The van der Waals surface area contributed by atoms with Gasteiger partial charge in [0.2, 0.25) is 0 Å². The molecule has 0 bridgehead atoms. The molecule has 1 aromatic heterocycles. The van der Waals surface area contributed by atoms with Gasteiger partial charge in [0, 0.05) is 31.5 Å². The van der Waals surface area contributed by atoms with Crippen LogP contribution in [0, 0.1) is 0 Å². The van der Waals surface area contributed by atoms with Crippen molar-refractivity contribution < 1.29 is 9.59 Å². The summed E-state index contributed by atoms with van der Waals surface area (Å²) >= 11 is 0. The van der Waals surface area contributed by atoms with Crippen molar-refractivity contribution in [2.24, 2.45) is 0 Å². The summed E-state index contributed by atoms with van der Waals surface area (Å²) in [6, 6.07) is -0.283. The van der Waals surface area contributed by atoms with Crippen LogP contribution in [0.4, 0.5) is 4.79 Å². The minimum Gasteiger partial charge on any atom is -0.324 e. The molecule has 3 amide bonds. The Morgan fingerprint density at radius 3 is 2.50 bits per heavy atom. The van der Waals surface area contributed by atoms with E-state index in [0.717, 1.165) is 37.6 Å². The van der Waals surface area contributed by atoms with Crippen LogP contribution in [0.3, 0.4) is 0 Å². The second kappa shape index (κ2) is 7.81. The molecule has 2 saturated heterocycles. The molecule has 1 saturated carbocycles. The lowest BCUT2D eigenvalue weighted by Gasteiger charge is -2.32.